The van der Waals surface area contributed by atoms with Gasteiger partial charge in [0.25, 0.3) is 0 Å². The van der Waals surface area contributed by atoms with Crippen LogP contribution >= 0.6 is 0 Å². The summed E-state index contributed by atoms with van der Waals surface area (Å²) in [5.74, 6) is 0.619. The molecule has 0 radical (unpaired) electrons. The number of carbonyl (C=O) groups excluding carboxylic acids is 1. The van der Waals surface area contributed by atoms with E-state index in [4.69, 9.17) is 9.47 Å². The molecule has 7 nitrogen and oxygen atoms in total. The Morgan fingerprint density at radius 1 is 1.11 bits per heavy atom. The fourth-order valence-corrected chi connectivity index (χ4v) is 1.98. The lowest BCUT2D eigenvalue weighted by Gasteiger charge is -2.20. The fourth-order valence-electron chi connectivity index (χ4n) is 1.98. The number of hydrogen-bond donors (Lipinski definition) is 3. The smallest absolute Gasteiger partial charge is 0.422 e. The molecule has 0 aromatic heterocycles. The number of rotatable bonds is 7. The molecule has 1 rings (SSSR count). The third-order valence-electron chi connectivity index (χ3n) is 3.07. The third-order valence-corrected chi connectivity index (χ3v) is 3.07. The highest BCUT2D eigenvalue weighted by molar-refractivity contribution is 5.79. The highest BCUT2D eigenvalue weighted by Gasteiger charge is 2.28. The second-order valence-corrected chi connectivity index (χ2v) is 6.83. The van der Waals surface area contributed by atoms with Gasteiger partial charge in [0.05, 0.1) is 0 Å². The van der Waals surface area contributed by atoms with Gasteiger partial charge in [-0.2, -0.15) is 13.2 Å². The van der Waals surface area contributed by atoms with Crippen molar-refractivity contribution >= 4 is 12.1 Å². The number of nitrogens with one attached hydrogen (secondary N) is 3. The number of amides is 1. The Balaban J connectivity index is 2.37. The average Bonchev–Trinajstić information content (AvgIpc) is 2.57. The lowest BCUT2D eigenvalue weighted by Crippen LogP contribution is -2.42. The molecular formula is C18H27F3N4O3. The minimum absolute atomic E-state index is 0.140. The van der Waals surface area contributed by atoms with E-state index < -0.39 is 24.5 Å². The van der Waals surface area contributed by atoms with Crippen LogP contribution < -0.4 is 20.7 Å². The summed E-state index contributed by atoms with van der Waals surface area (Å²) < 4.78 is 46.5. The van der Waals surface area contributed by atoms with E-state index in [1.165, 1.54) is 12.1 Å². The molecule has 0 heterocycles. The van der Waals surface area contributed by atoms with Crippen molar-refractivity contribution in [2.45, 2.75) is 39.1 Å². The molecule has 0 aliphatic carbocycles. The summed E-state index contributed by atoms with van der Waals surface area (Å²) in [5.41, 5.74) is 0.169. The predicted molar refractivity (Wildman–Crippen MR) is 100 cm³/mol. The molecule has 3 N–H and O–H groups in total. The van der Waals surface area contributed by atoms with Gasteiger partial charge >= 0.3 is 12.3 Å². The summed E-state index contributed by atoms with van der Waals surface area (Å²) in [6.45, 7) is 5.07. The molecule has 0 unspecified atom stereocenters. The largest absolute Gasteiger partial charge is 0.484 e. The van der Waals surface area contributed by atoms with Crippen LogP contribution in [0.5, 0.6) is 5.75 Å². The Kier molecular flexibility index (Phi) is 8.87. The van der Waals surface area contributed by atoms with Crippen LogP contribution in [0.15, 0.2) is 29.3 Å². The van der Waals surface area contributed by atoms with Gasteiger partial charge in [0, 0.05) is 26.7 Å². The quantitative estimate of drug-likeness (QED) is 0.370. The van der Waals surface area contributed by atoms with E-state index in [0.29, 0.717) is 25.6 Å². The minimum Gasteiger partial charge on any atom is -0.484 e. The Bertz CT molecular complexity index is 658. The molecule has 0 aliphatic rings. The van der Waals surface area contributed by atoms with Crippen LogP contribution in [0.4, 0.5) is 18.0 Å². The maximum absolute atomic E-state index is 12.2. The van der Waals surface area contributed by atoms with Crippen molar-refractivity contribution in [2.24, 2.45) is 4.99 Å². The Labute approximate surface area is 162 Å². The van der Waals surface area contributed by atoms with Crippen molar-refractivity contribution in [2.75, 3.05) is 26.7 Å². The first-order valence-electron chi connectivity index (χ1n) is 8.68. The van der Waals surface area contributed by atoms with E-state index in [1.54, 1.807) is 40.0 Å². The molecule has 0 saturated carbocycles. The zero-order valence-electron chi connectivity index (χ0n) is 16.4. The Hall–Kier alpha value is -2.65. The van der Waals surface area contributed by atoms with Crippen molar-refractivity contribution < 1.29 is 27.4 Å². The first kappa shape index (κ1) is 23.4. The lowest BCUT2D eigenvalue weighted by atomic mass is 10.2. The van der Waals surface area contributed by atoms with E-state index in [1.807, 2.05) is 0 Å². The van der Waals surface area contributed by atoms with Gasteiger partial charge in [0.1, 0.15) is 11.4 Å². The number of carbonyl (C=O) groups is 1. The highest BCUT2D eigenvalue weighted by Crippen LogP contribution is 2.19. The maximum atomic E-state index is 12.2. The molecule has 28 heavy (non-hydrogen) atoms. The summed E-state index contributed by atoms with van der Waals surface area (Å²) in [7, 11) is 1.58. The number of halogens is 3. The van der Waals surface area contributed by atoms with E-state index in [9.17, 15) is 18.0 Å². The van der Waals surface area contributed by atoms with Crippen LogP contribution in [-0.4, -0.2) is 50.6 Å². The number of aliphatic imine (C=N–C) groups is 1. The number of alkyl halides is 3. The monoisotopic (exact) mass is 404 g/mol. The molecule has 0 bridgehead atoms. The summed E-state index contributed by atoms with van der Waals surface area (Å²) in [6, 6.07) is 6.36. The second-order valence-electron chi connectivity index (χ2n) is 6.83. The second kappa shape index (κ2) is 10.6. The Morgan fingerprint density at radius 3 is 2.39 bits per heavy atom. The van der Waals surface area contributed by atoms with Gasteiger partial charge in [0.2, 0.25) is 0 Å². The molecule has 0 spiro atoms. The molecule has 0 aliphatic heterocycles. The Morgan fingerprint density at radius 2 is 1.79 bits per heavy atom. The van der Waals surface area contributed by atoms with Crippen LogP contribution in [0.3, 0.4) is 0 Å². The topological polar surface area (TPSA) is 84.0 Å². The van der Waals surface area contributed by atoms with E-state index in [0.717, 1.165) is 5.56 Å². The zero-order chi connectivity index (χ0) is 21.2. The van der Waals surface area contributed by atoms with Crippen molar-refractivity contribution in [3.63, 3.8) is 0 Å². The first-order valence-corrected chi connectivity index (χ1v) is 8.68. The predicted octanol–water partition coefficient (Wildman–Crippen LogP) is 2.82. The molecule has 0 fully saturated rings. The number of alkyl carbamates (subject to hydrolysis) is 1. The minimum atomic E-state index is -4.38. The number of nitrogens with zero attached hydrogens (tertiary/aromatic N) is 1. The third kappa shape index (κ3) is 11.1. The van der Waals surface area contributed by atoms with Gasteiger partial charge in [0.15, 0.2) is 12.6 Å². The van der Waals surface area contributed by atoms with Gasteiger partial charge in [-0.25, -0.2) is 4.79 Å². The maximum Gasteiger partial charge on any atom is 0.422 e. The molecule has 10 heteroatoms. The number of guanidine groups is 1. The molecule has 158 valence electrons. The lowest BCUT2D eigenvalue weighted by molar-refractivity contribution is -0.153. The summed E-state index contributed by atoms with van der Waals surface area (Å²) in [6.07, 6.45) is -4.89. The first-order chi connectivity index (χ1) is 13.0. The van der Waals surface area contributed by atoms with Gasteiger partial charge in [-0.1, -0.05) is 12.1 Å². The van der Waals surface area contributed by atoms with Crippen LogP contribution in [0, 0.1) is 0 Å². The standard InChI is InChI=1S/C18H27F3N4O3/c1-17(2,3)28-16(26)24-9-8-23-15(22-4)25-11-13-6-5-7-14(10-13)27-12-18(19,20)21/h5-7,10H,8-9,11-12H2,1-4H3,(H,24,26)(H2,22,23,25). The molecule has 0 atom stereocenters. The van der Waals surface area contributed by atoms with Crippen LogP contribution in [0.1, 0.15) is 26.3 Å². The average molecular weight is 404 g/mol. The zero-order valence-corrected chi connectivity index (χ0v) is 16.4. The van der Waals surface area contributed by atoms with Gasteiger partial charge in [-0.15, -0.1) is 0 Å². The van der Waals surface area contributed by atoms with Gasteiger partial charge < -0.3 is 25.4 Å². The van der Waals surface area contributed by atoms with Crippen molar-refractivity contribution in [1.29, 1.82) is 0 Å². The molecule has 1 aromatic rings. The van der Waals surface area contributed by atoms with Gasteiger partial charge in [-0.3, -0.25) is 4.99 Å². The summed E-state index contributed by atoms with van der Waals surface area (Å²) in [4.78, 5) is 15.6. The van der Waals surface area contributed by atoms with Crippen LogP contribution in [0.25, 0.3) is 0 Å². The summed E-state index contributed by atoms with van der Waals surface area (Å²) >= 11 is 0. The number of hydrogen-bond acceptors (Lipinski definition) is 4. The highest BCUT2D eigenvalue weighted by atomic mass is 19.4. The number of benzene rings is 1. The van der Waals surface area contributed by atoms with Crippen LogP contribution in [-0.2, 0) is 11.3 Å². The normalized spacial score (nSPS) is 12.3. The molecule has 0 saturated heterocycles. The van der Waals surface area contributed by atoms with Crippen LogP contribution in [0.2, 0.25) is 0 Å². The number of ether oxygens (including phenoxy) is 2. The van der Waals surface area contributed by atoms with E-state index in [-0.39, 0.29) is 5.75 Å². The molecular weight excluding hydrogens is 377 g/mol. The van der Waals surface area contributed by atoms with E-state index in [2.05, 4.69) is 20.9 Å². The van der Waals surface area contributed by atoms with Crippen molar-refractivity contribution in [3.8, 4) is 5.75 Å². The van der Waals surface area contributed by atoms with Gasteiger partial charge in [-0.05, 0) is 38.5 Å². The van der Waals surface area contributed by atoms with Crippen molar-refractivity contribution in [1.82, 2.24) is 16.0 Å². The SMILES string of the molecule is CN=C(NCCNC(=O)OC(C)(C)C)NCc1cccc(OCC(F)(F)F)c1. The fraction of sp³-hybridized carbons (Fsp3) is 0.556. The summed E-state index contributed by atoms with van der Waals surface area (Å²) in [5, 5.41) is 8.65. The molecule has 1 amide bonds. The van der Waals surface area contributed by atoms with Crippen molar-refractivity contribution in [3.05, 3.63) is 29.8 Å². The molecule has 1 aromatic carbocycles. The van der Waals surface area contributed by atoms with E-state index >= 15 is 0 Å².